The van der Waals surface area contributed by atoms with Gasteiger partial charge in [-0.3, -0.25) is 4.79 Å². The fourth-order valence-corrected chi connectivity index (χ4v) is 3.56. The molecular formula is C22H34N2O. The first kappa shape index (κ1) is 19.7. The summed E-state index contributed by atoms with van der Waals surface area (Å²) in [6.07, 6.45) is 13.5. The zero-order valence-electron chi connectivity index (χ0n) is 15.8. The largest absolute Gasteiger partial charge is 0.273 e. The number of carbonyl (C=O) groups is 1. The summed E-state index contributed by atoms with van der Waals surface area (Å²) in [4.78, 5) is 11.9. The number of hydrogen-bond donors (Lipinski definition) is 1. The van der Waals surface area contributed by atoms with Gasteiger partial charge in [0, 0.05) is 12.1 Å². The molecule has 1 fully saturated rings. The van der Waals surface area contributed by atoms with Crippen molar-refractivity contribution in [2.24, 2.45) is 5.10 Å². The monoisotopic (exact) mass is 342 g/mol. The number of carbonyl (C=O) groups excluding carboxylic acids is 1. The molecule has 1 aliphatic rings. The minimum absolute atomic E-state index is 0.0752. The van der Waals surface area contributed by atoms with Crippen molar-refractivity contribution < 1.29 is 4.79 Å². The average Bonchev–Trinajstić information content (AvgIpc) is 2.67. The smallest absolute Gasteiger partial charge is 0.240 e. The van der Waals surface area contributed by atoms with Gasteiger partial charge < -0.3 is 0 Å². The van der Waals surface area contributed by atoms with Gasteiger partial charge in [-0.15, -0.1) is 0 Å². The Labute approximate surface area is 153 Å². The van der Waals surface area contributed by atoms with E-state index in [2.05, 4.69) is 47.8 Å². The standard InChI is InChI=1S/C22H34N2O/c1-2-3-4-5-6-7-11-14-22(25)24-23-21-17-15-20(16-18-21)19-12-9-8-10-13-19/h8-10,12-13,20H,2-7,11,14-18H2,1H3,(H,24,25). The van der Waals surface area contributed by atoms with E-state index in [0.717, 1.165) is 44.2 Å². The lowest BCUT2D eigenvalue weighted by atomic mass is 9.83. The van der Waals surface area contributed by atoms with Crippen molar-refractivity contribution in [1.82, 2.24) is 5.43 Å². The molecule has 1 saturated carbocycles. The van der Waals surface area contributed by atoms with Crippen LogP contribution in [0.3, 0.4) is 0 Å². The maximum atomic E-state index is 11.9. The van der Waals surface area contributed by atoms with Crippen LogP contribution < -0.4 is 5.43 Å². The summed E-state index contributed by atoms with van der Waals surface area (Å²) in [5.74, 6) is 0.717. The number of amides is 1. The molecule has 1 amide bonds. The third-order valence-corrected chi connectivity index (χ3v) is 5.18. The van der Waals surface area contributed by atoms with Crippen molar-refractivity contribution >= 4 is 11.6 Å². The Bertz CT molecular complexity index is 514. The lowest BCUT2D eigenvalue weighted by molar-refractivity contribution is -0.121. The number of hydrazone groups is 1. The van der Waals surface area contributed by atoms with Crippen LogP contribution in [0.1, 0.15) is 95.5 Å². The minimum atomic E-state index is 0.0752. The first-order valence-corrected chi connectivity index (χ1v) is 10.2. The van der Waals surface area contributed by atoms with Crippen LogP contribution in [0.2, 0.25) is 0 Å². The van der Waals surface area contributed by atoms with Gasteiger partial charge in [0.05, 0.1) is 0 Å². The molecule has 1 N–H and O–H groups in total. The highest BCUT2D eigenvalue weighted by Gasteiger charge is 2.19. The first-order chi connectivity index (χ1) is 12.3. The third-order valence-electron chi connectivity index (χ3n) is 5.18. The van der Waals surface area contributed by atoms with Crippen LogP contribution in [-0.4, -0.2) is 11.6 Å². The molecule has 2 rings (SSSR count). The Morgan fingerprint density at radius 3 is 2.32 bits per heavy atom. The van der Waals surface area contributed by atoms with Crippen molar-refractivity contribution in [3.63, 3.8) is 0 Å². The molecule has 138 valence electrons. The normalized spacial score (nSPS) is 17.3. The predicted octanol–water partition coefficient (Wildman–Crippen LogP) is 5.96. The fraction of sp³-hybridized carbons (Fsp3) is 0.636. The van der Waals surface area contributed by atoms with Crippen LogP contribution in [0.25, 0.3) is 0 Å². The lowest BCUT2D eigenvalue weighted by Gasteiger charge is -2.23. The Hall–Kier alpha value is -1.64. The highest BCUT2D eigenvalue weighted by atomic mass is 16.2. The SMILES string of the molecule is CCCCCCCCCC(=O)NN=C1CCC(c2ccccc2)CC1. The maximum Gasteiger partial charge on any atom is 0.240 e. The molecule has 0 aliphatic heterocycles. The van der Waals surface area contributed by atoms with Gasteiger partial charge >= 0.3 is 0 Å². The molecular weight excluding hydrogens is 308 g/mol. The van der Waals surface area contributed by atoms with Gasteiger partial charge in [-0.1, -0.05) is 75.8 Å². The Morgan fingerprint density at radius 2 is 1.64 bits per heavy atom. The van der Waals surface area contributed by atoms with Gasteiger partial charge in [-0.2, -0.15) is 5.10 Å². The molecule has 0 radical (unpaired) electrons. The van der Waals surface area contributed by atoms with E-state index in [9.17, 15) is 4.79 Å². The van der Waals surface area contributed by atoms with Crippen LogP contribution in [0.5, 0.6) is 0 Å². The van der Waals surface area contributed by atoms with Gasteiger partial charge in [0.15, 0.2) is 0 Å². The van der Waals surface area contributed by atoms with Crippen LogP contribution >= 0.6 is 0 Å². The number of benzene rings is 1. The van der Waals surface area contributed by atoms with Crippen molar-refractivity contribution in [2.45, 2.75) is 89.9 Å². The van der Waals surface area contributed by atoms with Crippen molar-refractivity contribution in [3.05, 3.63) is 35.9 Å². The molecule has 0 atom stereocenters. The number of nitrogens with one attached hydrogen (secondary N) is 1. The van der Waals surface area contributed by atoms with E-state index in [1.807, 2.05) is 0 Å². The highest BCUT2D eigenvalue weighted by molar-refractivity contribution is 5.87. The van der Waals surface area contributed by atoms with Crippen LogP contribution in [0, 0.1) is 0 Å². The van der Waals surface area contributed by atoms with Gasteiger partial charge in [0.1, 0.15) is 0 Å². The molecule has 1 aliphatic carbocycles. The number of rotatable bonds is 10. The summed E-state index contributed by atoms with van der Waals surface area (Å²) >= 11 is 0. The quantitative estimate of drug-likeness (QED) is 0.414. The Balaban J connectivity index is 1.57. The molecule has 0 spiro atoms. The molecule has 1 aromatic carbocycles. The zero-order valence-corrected chi connectivity index (χ0v) is 15.8. The summed E-state index contributed by atoms with van der Waals surface area (Å²) in [5.41, 5.74) is 5.35. The maximum absolute atomic E-state index is 11.9. The predicted molar refractivity (Wildman–Crippen MR) is 106 cm³/mol. The highest BCUT2D eigenvalue weighted by Crippen LogP contribution is 2.31. The van der Waals surface area contributed by atoms with Crippen LogP contribution in [0.15, 0.2) is 35.4 Å². The van der Waals surface area contributed by atoms with Gasteiger partial charge in [0.2, 0.25) is 5.91 Å². The molecule has 0 bridgehead atoms. The second-order valence-electron chi connectivity index (χ2n) is 7.27. The van der Waals surface area contributed by atoms with E-state index in [1.54, 1.807) is 0 Å². The second-order valence-corrected chi connectivity index (χ2v) is 7.27. The summed E-state index contributed by atoms with van der Waals surface area (Å²) in [6.45, 7) is 2.24. The van der Waals surface area contributed by atoms with Crippen molar-refractivity contribution in [3.8, 4) is 0 Å². The fourth-order valence-electron chi connectivity index (χ4n) is 3.56. The van der Waals surface area contributed by atoms with Crippen molar-refractivity contribution in [2.75, 3.05) is 0 Å². The number of nitrogens with zero attached hydrogens (tertiary/aromatic N) is 1. The number of unbranched alkanes of at least 4 members (excludes halogenated alkanes) is 6. The molecule has 0 saturated heterocycles. The van der Waals surface area contributed by atoms with Crippen LogP contribution in [-0.2, 0) is 4.79 Å². The third kappa shape index (κ3) is 7.85. The van der Waals surface area contributed by atoms with E-state index in [0.29, 0.717) is 12.3 Å². The summed E-state index contributed by atoms with van der Waals surface area (Å²) in [5, 5.41) is 4.37. The Morgan fingerprint density at radius 1 is 1.00 bits per heavy atom. The summed E-state index contributed by atoms with van der Waals surface area (Å²) in [7, 11) is 0. The van der Waals surface area contributed by atoms with Gasteiger partial charge in [-0.25, -0.2) is 5.43 Å². The molecule has 0 unspecified atom stereocenters. The van der Waals surface area contributed by atoms with E-state index < -0.39 is 0 Å². The minimum Gasteiger partial charge on any atom is -0.273 e. The molecule has 25 heavy (non-hydrogen) atoms. The first-order valence-electron chi connectivity index (χ1n) is 10.2. The molecule has 0 aromatic heterocycles. The van der Waals surface area contributed by atoms with Crippen molar-refractivity contribution in [1.29, 1.82) is 0 Å². The molecule has 1 aromatic rings. The van der Waals surface area contributed by atoms with Crippen LogP contribution in [0.4, 0.5) is 0 Å². The van der Waals surface area contributed by atoms with E-state index in [4.69, 9.17) is 0 Å². The lowest BCUT2D eigenvalue weighted by Crippen LogP contribution is -2.21. The summed E-state index contributed by atoms with van der Waals surface area (Å²) in [6, 6.07) is 10.7. The van der Waals surface area contributed by atoms with Gasteiger partial charge in [-0.05, 0) is 43.6 Å². The summed E-state index contributed by atoms with van der Waals surface area (Å²) < 4.78 is 0. The topological polar surface area (TPSA) is 41.5 Å². The Kier molecular flexibility index (Phi) is 9.32. The molecule has 3 nitrogen and oxygen atoms in total. The molecule has 3 heteroatoms. The van der Waals surface area contributed by atoms with Gasteiger partial charge in [0.25, 0.3) is 0 Å². The van der Waals surface area contributed by atoms with E-state index in [1.165, 1.54) is 37.7 Å². The van der Waals surface area contributed by atoms with E-state index in [-0.39, 0.29) is 5.91 Å². The number of hydrogen-bond acceptors (Lipinski definition) is 2. The van der Waals surface area contributed by atoms with E-state index >= 15 is 0 Å². The second kappa shape index (κ2) is 11.8. The molecule has 0 heterocycles. The zero-order chi connectivity index (χ0) is 17.7. The average molecular weight is 343 g/mol.